The summed E-state index contributed by atoms with van der Waals surface area (Å²) in [5.74, 6) is -0.125. The molecule has 0 atom stereocenters. The molecule has 0 aliphatic carbocycles. The lowest BCUT2D eigenvalue weighted by molar-refractivity contribution is 0.0956. The van der Waals surface area contributed by atoms with Crippen LogP contribution in [0.15, 0.2) is 36.5 Å². The minimum absolute atomic E-state index is 0.125. The van der Waals surface area contributed by atoms with E-state index >= 15 is 0 Å². The number of hydrogen-bond acceptors (Lipinski definition) is 5. The van der Waals surface area contributed by atoms with Gasteiger partial charge in [0.25, 0.3) is 5.91 Å². The molecule has 1 amide bonds. The van der Waals surface area contributed by atoms with Crippen molar-refractivity contribution in [2.45, 2.75) is 13.5 Å². The van der Waals surface area contributed by atoms with Crippen LogP contribution in [0.25, 0.3) is 0 Å². The monoisotopic (exact) mass is 271 g/mol. The summed E-state index contributed by atoms with van der Waals surface area (Å²) in [7, 11) is 0. The molecule has 1 aromatic heterocycles. The normalized spacial score (nSPS) is 10.1. The van der Waals surface area contributed by atoms with Gasteiger partial charge in [-0.1, -0.05) is 0 Å². The second kappa shape index (κ2) is 6.51. The summed E-state index contributed by atoms with van der Waals surface area (Å²) in [4.78, 5) is 11.7. The van der Waals surface area contributed by atoms with Gasteiger partial charge in [-0.25, -0.2) is 0 Å². The number of carbonyl (C=O) groups is 1. The van der Waals surface area contributed by atoms with Crippen LogP contribution in [0.5, 0.6) is 0 Å². The first-order valence-corrected chi connectivity index (χ1v) is 6.39. The van der Waals surface area contributed by atoms with Crippen LogP contribution >= 0.6 is 0 Å². The molecule has 0 radical (unpaired) electrons. The highest BCUT2D eigenvalue weighted by Crippen LogP contribution is 2.20. The predicted molar refractivity (Wildman–Crippen MR) is 78.2 cm³/mol. The van der Waals surface area contributed by atoms with E-state index in [1.54, 1.807) is 24.4 Å². The molecular formula is C14H17N5O. The Labute approximate surface area is 117 Å². The van der Waals surface area contributed by atoms with Crippen molar-refractivity contribution in [1.82, 2.24) is 15.5 Å². The molecule has 6 heteroatoms. The molecule has 0 saturated carbocycles. The zero-order valence-electron chi connectivity index (χ0n) is 11.3. The van der Waals surface area contributed by atoms with E-state index in [4.69, 9.17) is 5.73 Å². The molecule has 1 heterocycles. The third-order valence-electron chi connectivity index (χ3n) is 2.74. The number of anilines is 2. The van der Waals surface area contributed by atoms with Gasteiger partial charge >= 0.3 is 0 Å². The van der Waals surface area contributed by atoms with Gasteiger partial charge < -0.3 is 16.4 Å². The van der Waals surface area contributed by atoms with Crippen molar-refractivity contribution < 1.29 is 4.79 Å². The van der Waals surface area contributed by atoms with Crippen molar-refractivity contribution in [2.24, 2.45) is 0 Å². The van der Waals surface area contributed by atoms with Gasteiger partial charge in [-0.3, -0.25) is 4.79 Å². The van der Waals surface area contributed by atoms with E-state index in [1.807, 2.05) is 19.1 Å². The predicted octanol–water partition coefficient (Wildman–Crippen LogP) is 1.42. The first-order valence-electron chi connectivity index (χ1n) is 6.39. The second-order valence-electron chi connectivity index (χ2n) is 4.23. The van der Waals surface area contributed by atoms with E-state index in [9.17, 15) is 4.79 Å². The Bertz CT molecular complexity index is 585. The number of carbonyl (C=O) groups excluding carboxylic acids is 1. The molecule has 0 aliphatic rings. The summed E-state index contributed by atoms with van der Waals surface area (Å²) < 4.78 is 0. The minimum atomic E-state index is -0.125. The molecule has 0 fully saturated rings. The third kappa shape index (κ3) is 3.44. The molecule has 1 aromatic carbocycles. The van der Waals surface area contributed by atoms with Gasteiger partial charge in [0.05, 0.1) is 23.6 Å². The average Bonchev–Trinajstić information content (AvgIpc) is 2.47. The molecule has 0 saturated heterocycles. The number of hydrogen-bond donors (Lipinski definition) is 3. The lowest BCUT2D eigenvalue weighted by Gasteiger charge is -2.10. The third-order valence-corrected chi connectivity index (χ3v) is 2.74. The van der Waals surface area contributed by atoms with E-state index in [0.717, 1.165) is 11.4 Å². The van der Waals surface area contributed by atoms with Crippen LogP contribution in [0.4, 0.5) is 11.4 Å². The fraction of sp³-hybridized carbons (Fsp3) is 0.214. The zero-order valence-corrected chi connectivity index (χ0v) is 11.3. The molecular weight excluding hydrogens is 254 g/mol. The van der Waals surface area contributed by atoms with Crippen molar-refractivity contribution in [3.8, 4) is 0 Å². The van der Waals surface area contributed by atoms with Crippen LogP contribution < -0.4 is 16.4 Å². The minimum Gasteiger partial charge on any atom is -0.397 e. The number of rotatable bonds is 5. The molecule has 0 spiro atoms. The number of amides is 1. The molecule has 4 N–H and O–H groups in total. The first kappa shape index (κ1) is 13.8. The van der Waals surface area contributed by atoms with Gasteiger partial charge in [0.2, 0.25) is 0 Å². The van der Waals surface area contributed by atoms with Crippen LogP contribution in [0.1, 0.15) is 23.0 Å². The standard InChI is InChI=1S/C14H17N5O/c1-2-16-14(20)10-5-6-13(12(15)8-10)17-9-11-4-3-7-18-19-11/h3-8,17H,2,9,15H2,1H3,(H,16,20). The fourth-order valence-corrected chi connectivity index (χ4v) is 1.74. The summed E-state index contributed by atoms with van der Waals surface area (Å²) >= 11 is 0. The smallest absolute Gasteiger partial charge is 0.251 e. The molecule has 6 nitrogen and oxygen atoms in total. The Morgan fingerprint density at radius 1 is 1.35 bits per heavy atom. The van der Waals surface area contributed by atoms with E-state index in [1.165, 1.54) is 0 Å². The second-order valence-corrected chi connectivity index (χ2v) is 4.23. The van der Waals surface area contributed by atoms with Crippen molar-refractivity contribution in [2.75, 3.05) is 17.6 Å². The number of nitrogens with two attached hydrogens (primary N) is 1. The van der Waals surface area contributed by atoms with Gasteiger partial charge in [-0.15, -0.1) is 0 Å². The van der Waals surface area contributed by atoms with Crippen LogP contribution in [0.3, 0.4) is 0 Å². The number of nitrogens with one attached hydrogen (secondary N) is 2. The lowest BCUT2D eigenvalue weighted by atomic mass is 10.1. The lowest BCUT2D eigenvalue weighted by Crippen LogP contribution is -2.22. The maximum absolute atomic E-state index is 11.7. The molecule has 2 aromatic rings. The number of nitrogens with zero attached hydrogens (tertiary/aromatic N) is 2. The summed E-state index contributed by atoms with van der Waals surface area (Å²) in [6.07, 6.45) is 1.62. The van der Waals surface area contributed by atoms with Crippen LogP contribution in [-0.4, -0.2) is 22.6 Å². The Morgan fingerprint density at radius 3 is 2.85 bits per heavy atom. The van der Waals surface area contributed by atoms with Crippen molar-refractivity contribution >= 4 is 17.3 Å². The maximum atomic E-state index is 11.7. The topological polar surface area (TPSA) is 92.9 Å². The van der Waals surface area contributed by atoms with E-state index in [0.29, 0.717) is 24.3 Å². The number of nitrogen functional groups attached to an aromatic ring is 1. The highest BCUT2D eigenvalue weighted by molar-refractivity contribution is 5.96. The van der Waals surface area contributed by atoms with E-state index < -0.39 is 0 Å². The summed E-state index contributed by atoms with van der Waals surface area (Å²) in [6.45, 7) is 2.99. The quantitative estimate of drug-likeness (QED) is 0.715. The van der Waals surface area contributed by atoms with Gasteiger partial charge in [0.15, 0.2) is 0 Å². The molecule has 2 rings (SSSR count). The van der Waals surface area contributed by atoms with Gasteiger partial charge in [-0.05, 0) is 37.3 Å². The van der Waals surface area contributed by atoms with Crippen molar-refractivity contribution in [3.63, 3.8) is 0 Å². The number of benzene rings is 1. The molecule has 0 aliphatic heterocycles. The molecule has 104 valence electrons. The average molecular weight is 271 g/mol. The van der Waals surface area contributed by atoms with Crippen molar-refractivity contribution in [1.29, 1.82) is 0 Å². The van der Waals surface area contributed by atoms with E-state index in [2.05, 4.69) is 20.8 Å². The summed E-state index contributed by atoms with van der Waals surface area (Å²) in [5, 5.41) is 13.7. The molecule has 20 heavy (non-hydrogen) atoms. The highest BCUT2D eigenvalue weighted by atomic mass is 16.1. The van der Waals surface area contributed by atoms with Gasteiger partial charge in [0, 0.05) is 18.3 Å². The van der Waals surface area contributed by atoms with E-state index in [-0.39, 0.29) is 5.91 Å². The Balaban J connectivity index is 2.04. The van der Waals surface area contributed by atoms with Crippen LogP contribution in [0, 0.1) is 0 Å². The van der Waals surface area contributed by atoms with Crippen LogP contribution in [-0.2, 0) is 6.54 Å². The Morgan fingerprint density at radius 2 is 2.20 bits per heavy atom. The maximum Gasteiger partial charge on any atom is 0.251 e. The van der Waals surface area contributed by atoms with Crippen molar-refractivity contribution in [3.05, 3.63) is 47.8 Å². The summed E-state index contributed by atoms with van der Waals surface area (Å²) in [6, 6.07) is 8.88. The molecule has 0 bridgehead atoms. The summed E-state index contributed by atoms with van der Waals surface area (Å²) in [5.41, 5.74) is 8.60. The SMILES string of the molecule is CCNC(=O)c1ccc(NCc2cccnn2)c(N)c1. The van der Waals surface area contributed by atoms with Crippen LogP contribution in [0.2, 0.25) is 0 Å². The first-order chi connectivity index (χ1) is 9.70. The largest absolute Gasteiger partial charge is 0.397 e. The fourth-order valence-electron chi connectivity index (χ4n) is 1.74. The Hall–Kier alpha value is -2.63. The van der Waals surface area contributed by atoms with Gasteiger partial charge in [0.1, 0.15) is 0 Å². The zero-order chi connectivity index (χ0) is 14.4. The number of aromatic nitrogens is 2. The highest BCUT2D eigenvalue weighted by Gasteiger charge is 2.07. The van der Waals surface area contributed by atoms with Gasteiger partial charge in [-0.2, -0.15) is 10.2 Å². The molecule has 0 unspecified atom stereocenters. The Kier molecular flexibility index (Phi) is 4.49.